The molecule has 5 aromatic carbocycles. The third kappa shape index (κ3) is 12.3. The molecule has 0 unspecified atom stereocenters. The Kier molecular flexibility index (Phi) is 17.7. The molecule has 0 aliphatic carbocycles. The van der Waals surface area contributed by atoms with Gasteiger partial charge in [0.2, 0.25) is 0 Å². The second-order valence-electron chi connectivity index (χ2n) is 15.1. The molecule has 5 rings (SSSR count). The molecule has 0 bridgehead atoms. The number of rotatable bonds is 21. The summed E-state index contributed by atoms with van der Waals surface area (Å²) in [5.74, 6) is 0. The number of para-hydroxylation sites is 2. The van der Waals surface area contributed by atoms with E-state index in [2.05, 4.69) is 59.2 Å². The van der Waals surface area contributed by atoms with Crippen LogP contribution in [0.15, 0.2) is 139 Å². The Labute approximate surface area is 367 Å². The van der Waals surface area contributed by atoms with Gasteiger partial charge in [-0.15, -0.1) is 0 Å². The molecule has 0 saturated carbocycles. The standard InChI is InChI=1S/C54H50N8/c1-2-3-4-5-6-7-8-9-10-13-18-45-33-42(40-61(49-19-14-11-15-20-49)51-29-25-43(26-30-51)53(38-59)47(34-55)35-56)23-24-46(45)41-62(50-21-16-12-17-22-50)52-31-27-44(28-32-52)54(39-60)48(36-57)37-58/h11-12,14-17,19-33H,2-10,13,18,40-41H2,1H3. The molecular weight excluding hydrogens is 761 g/mol. The first-order valence-corrected chi connectivity index (χ1v) is 21.3. The first-order chi connectivity index (χ1) is 30.5. The van der Waals surface area contributed by atoms with Gasteiger partial charge in [-0.2, -0.15) is 31.6 Å². The first-order valence-electron chi connectivity index (χ1n) is 21.3. The Morgan fingerprint density at radius 1 is 0.403 bits per heavy atom. The van der Waals surface area contributed by atoms with Gasteiger partial charge in [0.05, 0.1) is 11.1 Å². The lowest BCUT2D eigenvalue weighted by molar-refractivity contribution is 0.556. The van der Waals surface area contributed by atoms with E-state index in [9.17, 15) is 31.6 Å². The van der Waals surface area contributed by atoms with E-state index >= 15 is 0 Å². The second kappa shape index (κ2) is 24.3. The number of anilines is 4. The largest absolute Gasteiger partial charge is 0.337 e. The lowest BCUT2D eigenvalue weighted by Crippen LogP contribution is -2.19. The summed E-state index contributed by atoms with van der Waals surface area (Å²) in [4.78, 5) is 4.47. The molecule has 5 aromatic rings. The predicted molar refractivity (Wildman–Crippen MR) is 247 cm³/mol. The van der Waals surface area contributed by atoms with Crippen molar-refractivity contribution in [3.63, 3.8) is 0 Å². The number of aryl methyl sites for hydroxylation is 1. The average Bonchev–Trinajstić information content (AvgIpc) is 3.32. The van der Waals surface area contributed by atoms with E-state index in [1.807, 2.05) is 97.1 Å². The van der Waals surface area contributed by atoms with Crippen molar-refractivity contribution in [3.8, 4) is 36.4 Å². The minimum Gasteiger partial charge on any atom is -0.337 e. The molecule has 0 heterocycles. The van der Waals surface area contributed by atoms with Gasteiger partial charge in [-0.05, 0) is 89.2 Å². The molecule has 8 nitrogen and oxygen atoms in total. The summed E-state index contributed by atoms with van der Waals surface area (Å²) in [7, 11) is 0. The third-order valence-electron chi connectivity index (χ3n) is 11.0. The highest BCUT2D eigenvalue weighted by molar-refractivity contribution is 5.86. The minimum absolute atomic E-state index is 0.0522. The smallest absolute Gasteiger partial charge is 0.148 e. The van der Waals surface area contributed by atoms with Crippen molar-refractivity contribution < 1.29 is 0 Å². The zero-order chi connectivity index (χ0) is 43.9. The average molecular weight is 811 g/mol. The lowest BCUT2D eigenvalue weighted by Gasteiger charge is -2.28. The van der Waals surface area contributed by atoms with Crippen molar-refractivity contribution in [2.75, 3.05) is 9.80 Å². The van der Waals surface area contributed by atoms with E-state index in [1.54, 1.807) is 24.3 Å². The van der Waals surface area contributed by atoms with Gasteiger partial charge in [0, 0.05) is 35.8 Å². The van der Waals surface area contributed by atoms with Crippen LogP contribution in [-0.4, -0.2) is 0 Å². The molecule has 0 aliphatic heterocycles. The van der Waals surface area contributed by atoms with Crippen molar-refractivity contribution in [1.82, 2.24) is 0 Å². The van der Waals surface area contributed by atoms with Crippen LogP contribution in [0.4, 0.5) is 22.7 Å². The third-order valence-corrected chi connectivity index (χ3v) is 11.0. The Bertz CT molecular complexity index is 2530. The van der Waals surface area contributed by atoms with E-state index in [1.165, 1.54) is 62.5 Å². The van der Waals surface area contributed by atoms with Crippen LogP contribution in [0.2, 0.25) is 0 Å². The number of allylic oxidation sites excluding steroid dienone is 4. The van der Waals surface area contributed by atoms with E-state index in [-0.39, 0.29) is 22.3 Å². The van der Waals surface area contributed by atoms with E-state index in [4.69, 9.17) is 0 Å². The molecule has 0 amide bonds. The number of nitriles is 6. The Morgan fingerprint density at radius 3 is 1.23 bits per heavy atom. The number of benzene rings is 5. The van der Waals surface area contributed by atoms with Gasteiger partial charge >= 0.3 is 0 Å². The van der Waals surface area contributed by atoms with Crippen LogP contribution in [0, 0.1) is 68.0 Å². The Morgan fingerprint density at radius 2 is 0.806 bits per heavy atom. The molecule has 306 valence electrons. The highest BCUT2D eigenvalue weighted by Crippen LogP contribution is 2.33. The van der Waals surface area contributed by atoms with E-state index in [0.29, 0.717) is 24.2 Å². The zero-order valence-electron chi connectivity index (χ0n) is 35.4. The maximum atomic E-state index is 9.79. The van der Waals surface area contributed by atoms with Gasteiger partial charge in [0.15, 0.2) is 0 Å². The van der Waals surface area contributed by atoms with Crippen molar-refractivity contribution in [3.05, 3.63) is 166 Å². The second-order valence-corrected chi connectivity index (χ2v) is 15.1. The Balaban J connectivity index is 1.48. The molecule has 0 spiro atoms. The quantitative estimate of drug-likeness (QED) is 0.0525. The highest BCUT2D eigenvalue weighted by Gasteiger charge is 2.18. The van der Waals surface area contributed by atoms with Crippen LogP contribution in [0.1, 0.15) is 98.9 Å². The first kappa shape index (κ1) is 45.2. The molecule has 0 aliphatic rings. The summed E-state index contributed by atoms with van der Waals surface area (Å²) in [6.07, 6.45) is 13.5. The summed E-state index contributed by atoms with van der Waals surface area (Å²) in [6, 6.07) is 53.4. The van der Waals surface area contributed by atoms with Crippen LogP contribution in [0.5, 0.6) is 0 Å². The molecule has 0 atom stereocenters. The van der Waals surface area contributed by atoms with Crippen molar-refractivity contribution in [2.24, 2.45) is 0 Å². The van der Waals surface area contributed by atoms with Crippen molar-refractivity contribution >= 4 is 33.9 Å². The number of hydrogen-bond acceptors (Lipinski definition) is 8. The number of unbranched alkanes of at least 4 members (excludes halogenated alkanes) is 9. The topological polar surface area (TPSA) is 149 Å². The SMILES string of the molecule is CCCCCCCCCCCCc1cc(CN(c2ccccc2)c2ccc(C(C#N)=C(C#N)C#N)cc2)ccc1CN(c1ccccc1)c1ccc(C(C#N)=C(C#N)C#N)cc1. The van der Waals surface area contributed by atoms with Gasteiger partial charge in [-0.1, -0.05) is 144 Å². The molecular formula is C54H50N8. The van der Waals surface area contributed by atoms with E-state index < -0.39 is 0 Å². The summed E-state index contributed by atoms with van der Waals surface area (Å²) in [5, 5.41) is 57.3. The summed E-state index contributed by atoms with van der Waals surface area (Å²) in [5.41, 5.74) is 8.12. The van der Waals surface area contributed by atoms with E-state index in [0.717, 1.165) is 47.6 Å². The predicted octanol–water partition coefficient (Wildman–Crippen LogP) is 13.5. The summed E-state index contributed by atoms with van der Waals surface area (Å²) >= 11 is 0. The van der Waals surface area contributed by atoms with Crippen molar-refractivity contribution in [1.29, 1.82) is 31.6 Å². The molecule has 0 N–H and O–H groups in total. The fourth-order valence-electron chi connectivity index (χ4n) is 7.62. The minimum atomic E-state index is -0.215. The van der Waals surface area contributed by atoms with Crippen LogP contribution in [0.3, 0.4) is 0 Å². The highest BCUT2D eigenvalue weighted by atomic mass is 15.1. The molecule has 62 heavy (non-hydrogen) atoms. The van der Waals surface area contributed by atoms with Gasteiger partial charge in [0.25, 0.3) is 0 Å². The zero-order valence-corrected chi connectivity index (χ0v) is 35.4. The maximum Gasteiger partial charge on any atom is 0.148 e. The van der Waals surface area contributed by atoms with Crippen LogP contribution in [-0.2, 0) is 19.5 Å². The van der Waals surface area contributed by atoms with Gasteiger partial charge in [-0.3, -0.25) is 0 Å². The Hall–Kier alpha value is -7.88. The molecule has 0 saturated heterocycles. The monoisotopic (exact) mass is 810 g/mol. The number of hydrogen-bond donors (Lipinski definition) is 0. The fourth-order valence-corrected chi connectivity index (χ4v) is 7.62. The number of nitrogens with zero attached hydrogens (tertiary/aromatic N) is 8. The molecule has 0 radical (unpaired) electrons. The van der Waals surface area contributed by atoms with Gasteiger partial charge in [-0.25, -0.2) is 0 Å². The lowest BCUT2D eigenvalue weighted by atomic mass is 9.96. The summed E-state index contributed by atoms with van der Waals surface area (Å²) < 4.78 is 0. The molecule has 0 fully saturated rings. The maximum absolute atomic E-state index is 9.79. The van der Waals surface area contributed by atoms with Crippen LogP contribution < -0.4 is 9.80 Å². The van der Waals surface area contributed by atoms with Crippen LogP contribution in [0.25, 0.3) is 11.1 Å². The molecule has 0 aromatic heterocycles. The van der Waals surface area contributed by atoms with Gasteiger partial charge in [0.1, 0.15) is 47.6 Å². The normalized spacial score (nSPS) is 10.1. The van der Waals surface area contributed by atoms with Crippen LogP contribution >= 0.6 is 0 Å². The van der Waals surface area contributed by atoms with Crippen molar-refractivity contribution in [2.45, 2.75) is 90.6 Å². The fraction of sp³-hybridized carbons (Fsp3) is 0.259. The summed E-state index contributed by atoms with van der Waals surface area (Å²) in [6.45, 7) is 3.42. The van der Waals surface area contributed by atoms with Gasteiger partial charge < -0.3 is 9.80 Å². The molecule has 8 heteroatoms.